The van der Waals surface area contributed by atoms with E-state index in [9.17, 15) is 4.79 Å². The number of aliphatic hydroxyl groups is 1. The summed E-state index contributed by atoms with van der Waals surface area (Å²) < 4.78 is 0. The van der Waals surface area contributed by atoms with Gasteiger partial charge in [0.15, 0.2) is 0 Å². The van der Waals surface area contributed by atoms with Gasteiger partial charge in [0.2, 0.25) is 0 Å². The van der Waals surface area contributed by atoms with Crippen molar-refractivity contribution in [2.45, 2.75) is 19.3 Å². The number of amides is 1. The molecule has 0 bridgehead atoms. The first-order chi connectivity index (χ1) is 7.81. The number of likely N-dealkylation sites (tertiary alicyclic amines) is 1. The predicted octanol–water partition coefficient (Wildman–Crippen LogP) is 1.38. The van der Waals surface area contributed by atoms with Crippen molar-refractivity contribution in [3.05, 3.63) is 16.6 Å². The number of nitrogens with zero attached hydrogens (tertiary/aromatic N) is 2. The third kappa shape index (κ3) is 2.59. The molecule has 0 spiro atoms. The molecule has 1 aliphatic heterocycles. The van der Waals surface area contributed by atoms with E-state index < -0.39 is 0 Å². The Hall–Kier alpha value is -0.940. The molecule has 2 heterocycles. The second kappa shape index (κ2) is 5.41. The number of rotatable bonds is 3. The molecule has 0 aliphatic carbocycles. The first-order valence-corrected chi connectivity index (χ1v) is 6.48. The standard InChI is InChI=1S/C11H16N2O2S/c14-5-3-9-2-1-4-13(7-9)11(15)10-6-12-8-16-10/h6,8-9,14H,1-5,7H2. The quantitative estimate of drug-likeness (QED) is 0.868. The molecule has 0 aromatic carbocycles. The van der Waals surface area contributed by atoms with Crippen LogP contribution in [0, 0.1) is 5.92 Å². The van der Waals surface area contributed by atoms with E-state index in [1.807, 2.05) is 4.90 Å². The Kier molecular flexibility index (Phi) is 3.90. The van der Waals surface area contributed by atoms with E-state index in [1.165, 1.54) is 11.3 Å². The number of hydrogen-bond donors (Lipinski definition) is 1. The maximum atomic E-state index is 12.0. The van der Waals surface area contributed by atoms with Crippen LogP contribution in [-0.2, 0) is 0 Å². The molecule has 88 valence electrons. The normalized spacial score (nSPS) is 21.1. The number of aromatic nitrogens is 1. The fourth-order valence-corrected chi connectivity index (χ4v) is 2.73. The largest absolute Gasteiger partial charge is 0.396 e. The Bertz CT molecular complexity index is 338. The molecule has 1 N–H and O–H groups in total. The van der Waals surface area contributed by atoms with Crippen molar-refractivity contribution in [3.8, 4) is 0 Å². The van der Waals surface area contributed by atoms with Crippen LogP contribution in [-0.4, -0.2) is 40.6 Å². The third-order valence-electron chi connectivity index (χ3n) is 2.99. The SMILES string of the molecule is O=C(c1cncs1)N1CCCC(CCO)C1. The number of thiazole rings is 1. The minimum atomic E-state index is 0.0881. The van der Waals surface area contributed by atoms with Crippen molar-refractivity contribution in [3.63, 3.8) is 0 Å². The molecule has 1 saturated heterocycles. The second-order valence-electron chi connectivity index (χ2n) is 4.14. The average molecular weight is 240 g/mol. The number of carbonyl (C=O) groups excluding carboxylic acids is 1. The van der Waals surface area contributed by atoms with Crippen molar-refractivity contribution in [2.24, 2.45) is 5.92 Å². The smallest absolute Gasteiger partial charge is 0.265 e. The van der Waals surface area contributed by atoms with Crippen LogP contribution in [0.25, 0.3) is 0 Å². The Morgan fingerprint density at radius 2 is 2.56 bits per heavy atom. The van der Waals surface area contributed by atoms with Gasteiger partial charge in [-0.1, -0.05) is 0 Å². The molecule has 1 amide bonds. The Balaban J connectivity index is 1.96. The summed E-state index contributed by atoms with van der Waals surface area (Å²) in [5.41, 5.74) is 1.68. The lowest BCUT2D eigenvalue weighted by Crippen LogP contribution is -2.39. The topological polar surface area (TPSA) is 53.4 Å². The van der Waals surface area contributed by atoms with E-state index in [-0.39, 0.29) is 12.5 Å². The summed E-state index contributed by atoms with van der Waals surface area (Å²) in [6.07, 6.45) is 4.58. The summed E-state index contributed by atoms with van der Waals surface area (Å²) in [5.74, 6) is 0.542. The van der Waals surface area contributed by atoms with Gasteiger partial charge in [-0.3, -0.25) is 9.78 Å². The van der Waals surface area contributed by atoms with Gasteiger partial charge in [-0.15, -0.1) is 11.3 Å². The van der Waals surface area contributed by atoms with Crippen LogP contribution >= 0.6 is 11.3 Å². The molecule has 2 rings (SSSR count). The monoisotopic (exact) mass is 240 g/mol. The molecule has 16 heavy (non-hydrogen) atoms. The van der Waals surface area contributed by atoms with Crippen LogP contribution in [0.4, 0.5) is 0 Å². The molecule has 1 unspecified atom stereocenters. The molecule has 0 saturated carbocycles. The van der Waals surface area contributed by atoms with E-state index in [2.05, 4.69) is 4.98 Å². The molecule has 0 radical (unpaired) electrons. The van der Waals surface area contributed by atoms with Crippen LogP contribution in [0.15, 0.2) is 11.7 Å². The van der Waals surface area contributed by atoms with Gasteiger partial charge < -0.3 is 10.0 Å². The van der Waals surface area contributed by atoms with Gasteiger partial charge in [-0.2, -0.15) is 0 Å². The first-order valence-electron chi connectivity index (χ1n) is 5.60. The van der Waals surface area contributed by atoms with Crippen LogP contribution in [0.1, 0.15) is 28.9 Å². The third-order valence-corrected chi connectivity index (χ3v) is 3.75. The zero-order chi connectivity index (χ0) is 11.4. The van der Waals surface area contributed by atoms with Crippen LogP contribution in [0.2, 0.25) is 0 Å². The zero-order valence-electron chi connectivity index (χ0n) is 9.13. The zero-order valence-corrected chi connectivity index (χ0v) is 9.95. The predicted molar refractivity (Wildman–Crippen MR) is 62.4 cm³/mol. The van der Waals surface area contributed by atoms with E-state index in [0.29, 0.717) is 10.8 Å². The van der Waals surface area contributed by atoms with Gasteiger partial charge in [-0.25, -0.2) is 0 Å². The molecule has 5 heteroatoms. The van der Waals surface area contributed by atoms with Gasteiger partial charge in [-0.05, 0) is 25.2 Å². The highest BCUT2D eigenvalue weighted by molar-refractivity contribution is 7.11. The molecule has 1 atom stereocenters. The van der Waals surface area contributed by atoms with Crippen molar-refractivity contribution in [1.82, 2.24) is 9.88 Å². The fraction of sp³-hybridized carbons (Fsp3) is 0.636. The Morgan fingerprint density at radius 1 is 1.69 bits per heavy atom. The van der Waals surface area contributed by atoms with E-state index in [1.54, 1.807) is 11.7 Å². The second-order valence-corrected chi connectivity index (χ2v) is 5.02. The molecule has 4 nitrogen and oxygen atoms in total. The number of piperidine rings is 1. The highest BCUT2D eigenvalue weighted by atomic mass is 32.1. The number of carbonyl (C=O) groups is 1. The highest BCUT2D eigenvalue weighted by Gasteiger charge is 2.24. The minimum Gasteiger partial charge on any atom is -0.396 e. The van der Waals surface area contributed by atoms with Crippen molar-refractivity contribution >= 4 is 17.2 Å². The molecular formula is C11H16N2O2S. The van der Waals surface area contributed by atoms with Gasteiger partial charge >= 0.3 is 0 Å². The van der Waals surface area contributed by atoms with E-state index in [4.69, 9.17) is 5.11 Å². The summed E-state index contributed by atoms with van der Waals surface area (Å²) in [7, 11) is 0. The molecule has 1 aliphatic rings. The highest BCUT2D eigenvalue weighted by Crippen LogP contribution is 2.21. The summed E-state index contributed by atoms with van der Waals surface area (Å²) in [6.45, 7) is 1.82. The summed E-state index contributed by atoms with van der Waals surface area (Å²) >= 11 is 1.39. The molecular weight excluding hydrogens is 224 g/mol. The fourth-order valence-electron chi connectivity index (χ4n) is 2.14. The van der Waals surface area contributed by atoms with Crippen molar-refractivity contribution in [1.29, 1.82) is 0 Å². The lowest BCUT2D eigenvalue weighted by Gasteiger charge is -2.32. The van der Waals surface area contributed by atoms with Crippen LogP contribution < -0.4 is 0 Å². The molecule has 1 aromatic heterocycles. The number of aliphatic hydroxyl groups excluding tert-OH is 1. The minimum absolute atomic E-state index is 0.0881. The van der Waals surface area contributed by atoms with Crippen LogP contribution in [0.5, 0.6) is 0 Å². The summed E-state index contributed by atoms with van der Waals surface area (Å²) in [5, 5.41) is 8.92. The maximum absolute atomic E-state index is 12.0. The van der Waals surface area contributed by atoms with Crippen molar-refractivity contribution < 1.29 is 9.90 Å². The Labute approximate surface area is 98.9 Å². The Morgan fingerprint density at radius 3 is 3.25 bits per heavy atom. The first kappa shape index (κ1) is 11.5. The van der Waals surface area contributed by atoms with Gasteiger partial charge in [0.25, 0.3) is 5.91 Å². The van der Waals surface area contributed by atoms with Crippen molar-refractivity contribution in [2.75, 3.05) is 19.7 Å². The summed E-state index contributed by atoms with van der Waals surface area (Å²) in [4.78, 5) is 18.6. The molecule has 1 aromatic rings. The van der Waals surface area contributed by atoms with Gasteiger partial charge in [0.05, 0.1) is 11.7 Å². The molecule has 1 fully saturated rings. The average Bonchev–Trinajstić information content (AvgIpc) is 2.82. The summed E-state index contributed by atoms with van der Waals surface area (Å²) in [6, 6.07) is 0. The number of hydrogen-bond acceptors (Lipinski definition) is 4. The van der Waals surface area contributed by atoms with E-state index >= 15 is 0 Å². The van der Waals surface area contributed by atoms with Crippen LogP contribution in [0.3, 0.4) is 0 Å². The van der Waals surface area contributed by atoms with E-state index in [0.717, 1.165) is 32.4 Å². The maximum Gasteiger partial charge on any atom is 0.265 e. The van der Waals surface area contributed by atoms with Gasteiger partial charge in [0.1, 0.15) is 4.88 Å². The lowest BCUT2D eigenvalue weighted by molar-refractivity contribution is 0.0658. The van der Waals surface area contributed by atoms with Gasteiger partial charge in [0, 0.05) is 19.7 Å². The lowest BCUT2D eigenvalue weighted by atomic mass is 9.95.